The number of nitrogens with two attached hydrogens (primary N) is 1. The molecule has 0 saturated heterocycles. The van der Waals surface area contributed by atoms with E-state index >= 15 is 0 Å². The van der Waals surface area contributed by atoms with Crippen molar-refractivity contribution in [1.29, 1.82) is 0 Å². The maximum atomic E-state index is 12.0. The second kappa shape index (κ2) is 3.61. The number of hydrogen-bond acceptors (Lipinski definition) is 2. The highest BCUT2D eigenvalue weighted by Gasteiger charge is 2.39. The van der Waals surface area contributed by atoms with Gasteiger partial charge in [-0.05, 0) is 34.1 Å². The summed E-state index contributed by atoms with van der Waals surface area (Å²) in [6, 6.07) is 3.32. The van der Waals surface area contributed by atoms with E-state index in [1.54, 1.807) is 0 Å². The number of halogens is 4. The van der Waals surface area contributed by atoms with Crippen LogP contribution < -0.4 is 5.73 Å². The zero-order chi connectivity index (χ0) is 10.9. The minimum absolute atomic E-state index is 0.271. The number of hydrogen-bond donors (Lipinski definition) is 1. The summed E-state index contributed by atoms with van der Waals surface area (Å²) in [7, 11) is 0. The van der Waals surface area contributed by atoms with Gasteiger partial charge in [0.05, 0.1) is 0 Å². The molecule has 0 aliphatic rings. The summed E-state index contributed by atoms with van der Waals surface area (Å²) in [5, 5.41) is 0. The number of Topliss-reactive ketones (excluding diaryl/α,β-unsaturated/α-hetero) is 1. The topological polar surface area (TPSA) is 43.1 Å². The van der Waals surface area contributed by atoms with Gasteiger partial charge in [0, 0.05) is 15.7 Å². The van der Waals surface area contributed by atoms with Gasteiger partial charge in [-0.1, -0.05) is 0 Å². The molecule has 0 aromatic heterocycles. The lowest BCUT2D eigenvalue weighted by atomic mass is 10.1. The Kier molecular flexibility index (Phi) is 2.84. The fourth-order valence-electron chi connectivity index (χ4n) is 0.832. The normalized spacial score (nSPS) is 11.4. The average molecular weight is 268 g/mol. The van der Waals surface area contributed by atoms with Gasteiger partial charge in [0.15, 0.2) is 0 Å². The van der Waals surface area contributed by atoms with Crippen LogP contribution in [0.15, 0.2) is 22.7 Å². The minimum atomic E-state index is -4.85. The largest absolute Gasteiger partial charge is 0.454 e. The van der Waals surface area contributed by atoms with Crippen molar-refractivity contribution in [1.82, 2.24) is 0 Å². The fourth-order valence-corrected chi connectivity index (χ4v) is 1.21. The predicted molar refractivity (Wildman–Crippen MR) is 48.9 cm³/mol. The third-order valence-corrected chi connectivity index (χ3v) is 2.21. The third kappa shape index (κ3) is 2.25. The first-order valence-corrected chi connectivity index (χ1v) is 4.28. The van der Waals surface area contributed by atoms with Gasteiger partial charge in [0.1, 0.15) is 0 Å². The molecule has 0 saturated carbocycles. The number of anilines is 1. The smallest absolute Gasteiger partial charge is 0.398 e. The second-order valence-corrected chi connectivity index (χ2v) is 3.42. The van der Waals surface area contributed by atoms with Crippen LogP contribution in [0, 0.1) is 0 Å². The summed E-state index contributed by atoms with van der Waals surface area (Å²) < 4.78 is 36.2. The number of ketones is 1. The van der Waals surface area contributed by atoms with E-state index in [1.165, 1.54) is 6.07 Å². The minimum Gasteiger partial charge on any atom is -0.398 e. The van der Waals surface area contributed by atoms with Gasteiger partial charge in [0.2, 0.25) is 0 Å². The Balaban J connectivity index is 3.10. The Bertz CT molecular complexity index is 375. The molecule has 6 heteroatoms. The van der Waals surface area contributed by atoms with Crippen LogP contribution in [0.25, 0.3) is 0 Å². The van der Waals surface area contributed by atoms with Crippen molar-refractivity contribution in [2.24, 2.45) is 0 Å². The summed E-state index contributed by atoms with van der Waals surface area (Å²) >= 11 is 2.94. The molecule has 1 rings (SSSR count). The maximum absolute atomic E-state index is 12.0. The lowest BCUT2D eigenvalue weighted by Crippen LogP contribution is -2.22. The van der Waals surface area contributed by atoms with E-state index in [0.29, 0.717) is 0 Å². The molecule has 1 aromatic carbocycles. The lowest BCUT2D eigenvalue weighted by molar-refractivity contribution is -0.0885. The van der Waals surface area contributed by atoms with E-state index in [2.05, 4.69) is 15.9 Å². The van der Waals surface area contributed by atoms with E-state index < -0.39 is 17.5 Å². The van der Waals surface area contributed by atoms with Gasteiger partial charge in [-0.25, -0.2) is 0 Å². The van der Waals surface area contributed by atoms with Crippen molar-refractivity contribution in [3.8, 4) is 0 Å². The van der Waals surface area contributed by atoms with Crippen LogP contribution in [-0.4, -0.2) is 12.0 Å². The van der Waals surface area contributed by atoms with E-state index in [0.717, 1.165) is 12.1 Å². The highest BCUT2D eigenvalue weighted by atomic mass is 79.9. The standard InChI is InChI=1S/C8H5BrF3NO/c9-5-3-4(1-2-6(5)13)7(14)8(10,11)12/h1-3H,13H2. The fraction of sp³-hybridized carbons (Fsp3) is 0.125. The van der Waals surface area contributed by atoms with E-state index in [9.17, 15) is 18.0 Å². The van der Waals surface area contributed by atoms with Crippen molar-refractivity contribution in [2.75, 3.05) is 5.73 Å². The van der Waals surface area contributed by atoms with Crippen molar-refractivity contribution in [3.05, 3.63) is 28.2 Å². The Labute approximate surface area is 86.0 Å². The highest BCUT2D eigenvalue weighted by Crippen LogP contribution is 2.26. The SMILES string of the molecule is Nc1ccc(C(=O)C(F)(F)F)cc1Br. The third-order valence-electron chi connectivity index (χ3n) is 1.52. The molecule has 0 aliphatic heterocycles. The van der Waals surface area contributed by atoms with Gasteiger partial charge >= 0.3 is 6.18 Å². The van der Waals surface area contributed by atoms with E-state index in [1.807, 2.05) is 0 Å². The first kappa shape index (κ1) is 11.0. The molecule has 14 heavy (non-hydrogen) atoms. The zero-order valence-corrected chi connectivity index (χ0v) is 8.32. The van der Waals surface area contributed by atoms with Gasteiger partial charge in [-0.2, -0.15) is 13.2 Å². The molecular formula is C8H5BrF3NO. The first-order valence-electron chi connectivity index (χ1n) is 3.49. The zero-order valence-electron chi connectivity index (χ0n) is 6.73. The van der Waals surface area contributed by atoms with Gasteiger partial charge < -0.3 is 5.73 Å². The Morgan fingerprint density at radius 3 is 2.36 bits per heavy atom. The first-order chi connectivity index (χ1) is 6.32. The molecule has 2 nitrogen and oxygen atoms in total. The average Bonchev–Trinajstić information content (AvgIpc) is 2.07. The number of benzene rings is 1. The quantitative estimate of drug-likeness (QED) is 0.628. The predicted octanol–water partition coefficient (Wildman–Crippen LogP) is 2.78. The molecule has 0 atom stereocenters. The molecule has 0 amide bonds. The number of nitrogen functional groups attached to an aromatic ring is 1. The van der Waals surface area contributed by atoms with Crippen molar-refractivity contribution < 1.29 is 18.0 Å². The molecule has 0 fully saturated rings. The molecule has 0 bridgehead atoms. The number of rotatable bonds is 1. The molecule has 2 N–H and O–H groups in total. The summed E-state index contributed by atoms with van der Waals surface area (Å²) in [6.07, 6.45) is -4.85. The van der Waals surface area contributed by atoms with Gasteiger partial charge in [-0.15, -0.1) is 0 Å². The maximum Gasteiger partial charge on any atom is 0.454 e. The Hall–Kier alpha value is -1.04. The van der Waals surface area contributed by atoms with Crippen LogP contribution in [0.2, 0.25) is 0 Å². The second-order valence-electron chi connectivity index (χ2n) is 2.56. The van der Waals surface area contributed by atoms with Crippen LogP contribution in [0.5, 0.6) is 0 Å². The number of alkyl halides is 3. The molecule has 0 heterocycles. The van der Waals surface area contributed by atoms with Crippen LogP contribution >= 0.6 is 15.9 Å². The molecule has 1 aromatic rings. The lowest BCUT2D eigenvalue weighted by Gasteiger charge is -2.06. The summed E-state index contributed by atoms with van der Waals surface area (Å²) in [5.41, 5.74) is 5.21. The number of carbonyl (C=O) groups excluding carboxylic acids is 1. The highest BCUT2D eigenvalue weighted by molar-refractivity contribution is 9.10. The summed E-state index contributed by atoms with van der Waals surface area (Å²) in [5.74, 6) is -1.88. The number of carbonyl (C=O) groups is 1. The van der Waals surface area contributed by atoms with Crippen molar-refractivity contribution in [2.45, 2.75) is 6.18 Å². The van der Waals surface area contributed by atoms with Crippen LogP contribution in [-0.2, 0) is 0 Å². The van der Waals surface area contributed by atoms with Crippen LogP contribution in [0.4, 0.5) is 18.9 Å². The van der Waals surface area contributed by atoms with E-state index in [4.69, 9.17) is 5.73 Å². The molecule has 0 radical (unpaired) electrons. The Morgan fingerprint density at radius 1 is 1.36 bits per heavy atom. The van der Waals surface area contributed by atoms with Crippen molar-refractivity contribution in [3.63, 3.8) is 0 Å². The summed E-state index contributed by atoms with van der Waals surface area (Å²) in [6.45, 7) is 0. The van der Waals surface area contributed by atoms with Crippen molar-refractivity contribution >= 4 is 27.4 Å². The molecule has 0 unspecified atom stereocenters. The van der Waals surface area contributed by atoms with Crippen LogP contribution in [0.3, 0.4) is 0 Å². The molecule has 76 valence electrons. The van der Waals surface area contributed by atoms with Gasteiger partial charge in [0.25, 0.3) is 5.78 Å². The van der Waals surface area contributed by atoms with E-state index in [-0.39, 0.29) is 10.2 Å². The molecular weight excluding hydrogens is 263 g/mol. The monoisotopic (exact) mass is 267 g/mol. The Morgan fingerprint density at radius 2 is 1.93 bits per heavy atom. The van der Waals surface area contributed by atoms with Crippen LogP contribution in [0.1, 0.15) is 10.4 Å². The van der Waals surface area contributed by atoms with Gasteiger partial charge in [-0.3, -0.25) is 4.79 Å². The molecule has 0 spiro atoms. The summed E-state index contributed by atoms with van der Waals surface area (Å²) in [4.78, 5) is 10.7. The molecule has 0 aliphatic carbocycles.